The number of hydrogen-bond donors (Lipinski definition) is 2. The molecule has 0 spiro atoms. The monoisotopic (exact) mass is 308 g/mol. The molecule has 0 radical (unpaired) electrons. The molecule has 0 aliphatic heterocycles. The summed E-state index contributed by atoms with van der Waals surface area (Å²) in [6.45, 7) is 5.75. The Morgan fingerprint density at radius 2 is 2.20 bits per heavy atom. The molecule has 0 aliphatic carbocycles. The van der Waals surface area contributed by atoms with Gasteiger partial charge in [0.15, 0.2) is 5.96 Å². The van der Waals surface area contributed by atoms with Gasteiger partial charge in [0.25, 0.3) is 0 Å². The summed E-state index contributed by atoms with van der Waals surface area (Å²) in [7, 11) is 1.80. The zero-order valence-electron chi connectivity index (χ0n) is 12.1. The lowest BCUT2D eigenvalue weighted by atomic mass is 10.3. The van der Waals surface area contributed by atoms with Crippen molar-refractivity contribution in [1.82, 2.24) is 15.6 Å². The summed E-state index contributed by atoms with van der Waals surface area (Å²) in [5, 5.41) is 9.89. The van der Waals surface area contributed by atoms with E-state index in [0.29, 0.717) is 0 Å². The maximum atomic E-state index is 4.43. The second-order valence-electron chi connectivity index (χ2n) is 4.42. The van der Waals surface area contributed by atoms with Crippen molar-refractivity contribution in [3.8, 4) is 0 Å². The number of nitrogens with one attached hydrogen (secondary N) is 2. The summed E-state index contributed by atoms with van der Waals surface area (Å²) >= 11 is 3.52. The molecule has 0 atom stereocenters. The van der Waals surface area contributed by atoms with E-state index in [0.717, 1.165) is 36.2 Å². The number of aliphatic imine (C=N–C) groups is 1. The highest BCUT2D eigenvalue weighted by molar-refractivity contribution is 7.11. The fraction of sp³-hybridized carbons (Fsp3) is 0.429. The predicted octanol–water partition coefficient (Wildman–Crippen LogP) is 2.73. The molecule has 2 N–H and O–H groups in total. The maximum Gasteiger partial charge on any atom is 0.191 e. The van der Waals surface area contributed by atoms with E-state index in [-0.39, 0.29) is 0 Å². The Bertz CT molecular complexity index is 558. The molecule has 2 heterocycles. The molecule has 0 saturated heterocycles. The van der Waals surface area contributed by atoms with Crippen LogP contribution in [0.1, 0.15) is 20.5 Å². The maximum absolute atomic E-state index is 4.43. The highest BCUT2D eigenvalue weighted by Crippen LogP contribution is 2.16. The number of aromatic nitrogens is 1. The van der Waals surface area contributed by atoms with Crippen molar-refractivity contribution in [1.29, 1.82) is 0 Å². The predicted molar refractivity (Wildman–Crippen MR) is 87.8 cm³/mol. The van der Waals surface area contributed by atoms with Crippen LogP contribution >= 0.6 is 22.7 Å². The van der Waals surface area contributed by atoms with Crippen LogP contribution in [-0.4, -0.2) is 24.5 Å². The number of guanidine groups is 1. The Balaban J connectivity index is 1.76. The van der Waals surface area contributed by atoms with Gasteiger partial charge >= 0.3 is 0 Å². The van der Waals surface area contributed by atoms with Gasteiger partial charge in [-0.15, -0.1) is 22.7 Å². The molecule has 0 fully saturated rings. The molecule has 108 valence electrons. The van der Waals surface area contributed by atoms with Crippen molar-refractivity contribution in [2.75, 3.05) is 13.6 Å². The minimum atomic E-state index is 0.774. The molecule has 0 aromatic carbocycles. The first-order valence-electron chi connectivity index (χ1n) is 6.59. The van der Waals surface area contributed by atoms with E-state index in [2.05, 4.69) is 38.1 Å². The summed E-state index contributed by atoms with van der Waals surface area (Å²) in [6, 6.07) is 4.24. The van der Waals surface area contributed by atoms with Crippen molar-refractivity contribution in [3.63, 3.8) is 0 Å². The molecule has 0 bridgehead atoms. The van der Waals surface area contributed by atoms with Gasteiger partial charge in [0.05, 0.1) is 17.2 Å². The average Bonchev–Trinajstić information content (AvgIpc) is 3.03. The number of hydrogen-bond acceptors (Lipinski definition) is 4. The Kier molecular flexibility index (Phi) is 5.55. The summed E-state index contributed by atoms with van der Waals surface area (Å²) < 4.78 is 0. The highest BCUT2D eigenvalue weighted by Gasteiger charge is 2.05. The van der Waals surface area contributed by atoms with Gasteiger partial charge in [-0.1, -0.05) is 6.07 Å². The number of thiazole rings is 1. The average molecular weight is 308 g/mol. The lowest BCUT2D eigenvalue weighted by Crippen LogP contribution is -2.37. The lowest BCUT2D eigenvalue weighted by Gasteiger charge is -2.10. The minimum absolute atomic E-state index is 0.774. The smallest absolute Gasteiger partial charge is 0.191 e. The molecule has 0 amide bonds. The van der Waals surface area contributed by atoms with Gasteiger partial charge in [-0.25, -0.2) is 4.98 Å². The number of nitrogens with zero attached hydrogens (tertiary/aromatic N) is 2. The van der Waals surface area contributed by atoms with E-state index in [1.54, 1.807) is 29.7 Å². The van der Waals surface area contributed by atoms with Crippen LogP contribution in [-0.2, 0) is 13.0 Å². The first-order valence-corrected chi connectivity index (χ1v) is 8.28. The van der Waals surface area contributed by atoms with Crippen molar-refractivity contribution in [3.05, 3.63) is 38.0 Å². The fourth-order valence-electron chi connectivity index (χ4n) is 1.88. The first kappa shape index (κ1) is 15.0. The molecule has 2 aromatic rings. The van der Waals surface area contributed by atoms with Crippen LogP contribution in [0.15, 0.2) is 22.5 Å². The molecule has 4 nitrogen and oxygen atoms in total. The highest BCUT2D eigenvalue weighted by atomic mass is 32.1. The molecule has 0 saturated carbocycles. The number of rotatable bonds is 5. The van der Waals surface area contributed by atoms with E-state index >= 15 is 0 Å². The molecule has 20 heavy (non-hydrogen) atoms. The SMILES string of the molecule is CN=C(NCCc1cccs1)NCc1sc(C)nc1C. The van der Waals surface area contributed by atoms with Gasteiger partial charge in [0.2, 0.25) is 0 Å². The fourth-order valence-corrected chi connectivity index (χ4v) is 3.47. The number of aryl methyl sites for hydroxylation is 2. The van der Waals surface area contributed by atoms with Gasteiger partial charge in [0, 0.05) is 23.3 Å². The minimum Gasteiger partial charge on any atom is -0.356 e. The molecule has 0 aliphatic rings. The van der Waals surface area contributed by atoms with Crippen molar-refractivity contribution >= 4 is 28.6 Å². The summed E-state index contributed by atoms with van der Waals surface area (Å²) in [4.78, 5) is 11.3. The quantitative estimate of drug-likeness (QED) is 0.659. The van der Waals surface area contributed by atoms with Crippen molar-refractivity contribution in [2.45, 2.75) is 26.8 Å². The van der Waals surface area contributed by atoms with Crippen LogP contribution in [0.2, 0.25) is 0 Å². The summed E-state index contributed by atoms with van der Waals surface area (Å²) in [5.41, 5.74) is 1.11. The van der Waals surface area contributed by atoms with Gasteiger partial charge in [-0.2, -0.15) is 0 Å². The van der Waals surface area contributed by atoms with Gasteiger partial charge in [0.1, 0.15) is 0 Å². The molecule has 6 heteroatoms. The van der Waals surface area contributed by atoms with Crippen molar-refractivity contribution < 1.29 is 0 Å². The van der Waals surface area contributed by atoms with Gasteiger partial charge < -0.3 is 10.6 Å². The second-order valence-corrected chi connectivity index (χ2v) is 6.74. The van der Waals surface area contributed by atoms with E-state index in [4.69, 9.17) is 0 Å². The summed E-state index contributed by atoms with van der Waals surface area (Å²) in [5.74, 6) is 0.840. The Hall–Kier alpha value is -1.40. The summed E-state index contributed by atoms with van der Waals surface area (Å²) in [6.07, 6.45) is 1.02. The zero-order valence-corrected chi connectivity index (χ0v) is 13.7. The second kappa shape index (κ2) is 7.40. The molecular weight excluding hydrogens is 288 g/mol. The third-order valence-electron chi connectivity index (χ3n) is 2.88. The molecular formula is C14H20N4S2. The number of thiophene rings is 1. The Labute approximate surface area is 128 Å². The van der Waals surface area contributed by atoms with Crippen LogP contribution in [0, 0.1) is 13.8 Å². The zero-order chi connectivity index (χ0) is 14.4. The van der Waals surface area contributed by atoms with E-state index in [1.807, 2.05) is 13.8 Å². The molecule has 2 rings (SSSR count). The van der Waals surface area contributed by atoms with E-state index < -0.39 is 0 Å². The Morgan fingerprint density at radius 3 is 2.80 bits per heavy atom. The normalized spacial score (nSPS) is 11.7. The van der Waals surface area contributed by atoms with Crippen LogP contribution in [0.3, 0.4) is 0 Å². The van der Waals surface area contributed by atoms with Crippen LogP contribution < -0.4 is 10.6 Å². The van der Waals surface area contributed by atoms with Crippen LogP contribution in [0.5, 0.6) is 0 Å². The van der Waals surface area contributed by atoms with Crippen LogP contribution in [0.4, 0.5) is 0 Å². The standard InChI is InChI=1S/C14H20N4S2/c1-10-13(20-11(2)18-10)9-17-14(15-3)16-7-6-12-5-4-8-19-12/h4-5,8H,6-7,9H2,1-3H3,(H2,15,16,17). The Morgan fingerprint density at radius 1 is 1.35 bits per heavy atom. The van der Waals surface area contributed by atoms with Gasteiger partial charge in [-0.05, 0) is 31.7 Å². The topological polar surface area (TPSA) is 49.3 Å². The third-order valence-corrected chi connectivity index (χ3v) is 4.89. The van der Waals surface area contributed by atoms with Crippen molar-refractivity contribution in [2.24, 2.45) is 4.99 Å². The first-order chi connectivity index (χ1) is 9.69. The largest absolute Gasteiger partial charge is 0.356 e. The van der Waals surface area contributed by atoms with Crippen LogP contribution in [0.25, 0.3) is 0 Å². The lowest BCUT2D eigenvalue weighted by molar-refractivity contribution is 0.801. The van der Waals surface area contributed by atoms with E-state index in [9.17, 15) is 0 Å². The third kappa shape index (κ3) is 4.31. The molecule has 2 aromatic heterocycles. The van der Waals surface area contributed by atoms with Gasteiger partial charge in [-0.3, -0.25) is 4.99 Å². The molecule has 0 unspecified atom stereocenters. The van der Waals surface area contributed by atoms with E-state index in [1.165, 1.54) is 9.75 Å².